The van der Waals surface area contributed by atoms with Gasteiger partial charge in [0.15, 0.2) is 0 Å². The summed E-state index contributed by atoms with van der Waals surface area (Å²) in [4.78, 5) is 14.1. The van der Waals surface area contributed by atoms with Gasteiger partial charge in [-0.1, -0.05) is 0 Å². The number of hydrogen-bond acceptors (Lipinski definition) is 2. The van der Waals surface area contributed by atoms with E-state index in [1.54, 1.807) is 0 Å². The minimum atomic E-state index is -0.00694. The molecule has 8 heavy (non-hydrogen) atoms. The molecular weight excluding hydrogens is 104 g/mol. The third-order valence-electron chi connectivity index (χ3n) is 1.73. The first kappa shape index (κ1) is 4.06. The van der Waals surface area contributed by atoms with Crippen LogP contribution in [-0.4, -0.2) is 11.7 Å². The minimum Gasteiger partial charge on any atom is -0.387 e. The quantitative estimate of drug-likeness (QED) is 0.458. The van der Waals surface area contributed by atoms with Crippen LogP contribution in [0.25, 0.3) is 0 Å². The van der Waals surface area contributed by atoms with Crippen molar-refractivity contribution in [1.82, 2.24) is 0 Å². The number of nitrogens with two attached hydrogens (primary N) is 1. The first-order valence-corrected chi connectivity index (χ1v) is 2.67. The molecule has 1 amide bonds. The molecule has 0 saturated heterocycles. The van der Waals surface area contributed by atoms with E-state index in [1.807, 2.05) is 0 Å². The molecule has 2 aliphatic rings. The van der Waals surface area contributed by atoms with E-state index in [2.05, 4.69) is 4.99 Å². The molecular formula is C5H6N2O. The fraction of sp³-hybridized carbons (Fsp3) is 0.600. The number of fused-ring (bicyclic) bond motifs is 1. The minimum absolute atomic E-state index is 0.00694. The van der Waals surface area contributed by atoms with Gasteiger partial charge in [0.05, 0.1) is 5.92 Å². The Morgan fingerprint density at radius 1 is 1.62 bits per heavy atom. The summed E-state index contributed by atoms with van der Waals surface area (Å²) in [5.41, 5.74) is 5.34. The molecule has 3 nitrogen and oxygen atoms in total. The maximum atomic E-state index is 10.6. The lowest BCUT2D eigenvalue weighted by atomic mass is 10.3. The molecule has 1 saturated carbocycles. The lowest BCUT2D eigenvalue weighted by Crippen LogP contribution is -2.11. The normalized spacial score (nSPS) is 41.5. The lowest BCUT2D eigenvalue weighted by molar-refractivity contribution is -0.118. The van der Waals surface area contributed by atoms with Crippen molar-refractivity contribution in [2.45, 2.75) is 6.42 Å². The Hall–Kier alpha value is -0.860. The van der Waals surface area contributed by atoms with Crippen molar-refractivity contribution in [3.05, 3.63) is 0 Å². The summed E-state index contributed by atoms with van der Waals surface area (Å²) in [6.07, 6.45) is 0.953. The summed E-state index contributed by atoms with van der Waals surface area (Å²) in [5, 5.41) is 0. The van der Waals surface area contributed by atoms with Crippen molar-refractivity contribution in [3.63, 3.8) is 0 Å². The second kappa shape index (κ2) is 0.940. The van der Waals surface area contributed by atoms with Gasteiger partial charge in [0, 0.05) is 5.92 Å². The highest BCUT2D eigenvalue weighted by molar-refractivity contribution is 6.07. The van der Waals surface area contributed by atoms with E-state index in [1.165, 1.54) is 0 Å². The molecule has 1 aliphatic heterocycles. The lowest BCUT2D eigenvalue weighted by Gasteiger charge is -1.83. The Morgan fingerprint density at radius 2 is 2.38 bits per heavy atom. The summed E-state index contributed by atoms with van der Waals surface area (Å²) in [5.74, 6) is 1.07. The summed E-state index contributed by atoms with van der Waals surface area (Å²) in [6.45, 7) is 0. The fourth-order valence-electron chi connectivity index (χ4n) is 1.09. The standard InChI is InChI=1S/C5H6N2O/c6-4-2-1-3(2)5(8)7-4/h2-3H,1H2,(H2,6,7,8). The van der Waals surface area contributed by atoms with Crippen molar-refractivity contribution in [2.75, 3.05) is 0 Å². The van der Waals surface area contributed by atoms with Crippen LogP contribution in [0.4, 0.5) is 0 Å². The predicted molar refractivity (Wildman–Crippen MR) is 28.2 cm³/mol. The number of hydrogen-bond donors (Lipinski definition) is 1. The van der Waals surface area contributed by atoms with E-state index in [9.17, 15) is 4.79 Å². The zero-order valence-corrected chi connectivity index (χ0v) is 4.29. The largest absolute Gasteiger partial charge is 0.387 e. The van der Waals surface area contributed by atoms with Gasteiger partial charge in [-0.2, -0.15) is 0 Å². The van der Waals surface area contributed by atoms with Crippen LogP contribution in [0, 0.1) is 11.8 Å². The molecule has 1 aliphatic carbocycles. The van der Waals surface area contributed by atoms with E-state index in [0.717, 1.165) is 6.42 Å². The highest BCUT2D eigenvalue weighted by atomic mass is 16.1. The number of nitrogens with zero attached hydrogens (tertiary/aromatic N) is 1. The van der Waals surface area contributed by atoms with E-state index < -0.39 is 0 Å². The topological polar surface area (TPSA) is 55.4 Å². The molecule has 0 aromatic heterocycles. The molecule has 42 valence electrons. The Kier molecular flexibility index (Phi) is 0.477. The number of carbonyl (C=O) groups is 1. The average molecular weight is 110 g/mol. The number of amides is 1. The van der Waals surface area contributed by atoms with Crippen molar-refractivity contribution < 1.29 is 4.79 Å². The first-order valence-electron chi connectivity index (χ1n) is 2.67. The maximum Gasteiger partial charge on any atom is 0.251 e. The SMILES string of the molecule is NC1=NC(=O)C2CC12. The van der Waals surface area contributed by atoms with Crippen LogP contribution in [0.2, 0.25) is 0 Å². The van der Waals surface area contributed by atoms with Gasteiger partial charge in [-0.15, -0.1) is 0 Å². The second-order valence-electron chi connectivity index (χ2n) is 2.32. The highest BCUT2D eigenvalue weighted by Gasteiger charge is 2.50. The van der Waals surface area contributed by atoms with Crippen LogP contribution in [0.1, 0.15) is 6.42 Å². The third-order valence-corrected chi connectivity index (χ3v) is 1.73. The zero-order chi connectivity index (χ0) is 5.72. The van der Waals surface area contributed by atoms with Gasteiger partial charge in [-0.25, -0.2) is 4.99 Å². The Balaban J connectivity index is 2.37. The first-order chi connectivity index (χ1) is 3.79. The van der Waals surface area contributed by atoms with E-state index >= 15 is 0 Å². The van der Waals surface area contributed by atoms with Crippen LogP contribution >= 0.6 is 0 Å². The molecule has 2 N–H and O–H groups in total. The van der Waals surface area contributed by atoms with Gasteiger partial charge in [-0.05, 0) is 6.42 Å². The highest BCUT2D eigenvalue weighted by Crippen LogP contribution is 2.43. The van der Waals surface area contributed by atoms with Gasteiger partial charge in [-0.3, -0.25) is 4.79 Å². The number of carbonyl (C=O) groups excluding carboxylic acids is 1. The van der Waals surface area contributed by atoms with Gasteiger partial charge in [0.25, 0.3) is 5.91 Å². The summed E-state index contributed by atoms with van der Waals surface area (Å²) in [7, 11) is 0. The van der Waals surface area contributed by atoms with Gasteiger partial charge >= 0.3 is 0 Å². The molecule has 2 rings (SSSR count). The molecule has 1 heterocycles. The molecule has 3 heteroatoms. The second-order valence-corrected chi connectivity index (χ2v) is 2.32. The summed E-state index contributed by atoms with van der Waals surface area (Å²) < 4.78 is 0. The van der Waals surface area contributed by atoms with E-state index in [-0.39, 0.29) is 11.8 Å². The fourth-order valence-corrected chi connectivity index (χ4v) is 1.09. The average Bonchev–Trinajstić information content (AvgIpc) is 2.35. The smallest absolute Gasteiger partial charge is 0.251 e. The molecule has 0 spiro atoms. The van der Waals surface area contributed by atoms with Gasteiger partial charge < -0.3 is 5.73 Å². The van der Waals surface area contributed by atoms with Crippen LogP contribution in [0.3, 0.4) is 0 Å². The maximum absolute atomic E-state index is 10.6. The molecule has 0 aromatic rings. The van der Waals surface area contributed by atoms with Crippen molar-refractivity contribution in [2.24, 2.45) is 22.6 Å². The molecule has 0 bridgehead atoms. The number of amidine groups is 1. The Labute approximate surface area is 46.6 Å². The van der Waals surface area contributed by atoms with Crippen molar-refractivity contribution in [3.8, 4) is 0 Å². The third kappa shape index (κ3) is 0.300. The van der Waals surface area contributed by atoms with Crippen LogP contribution in [0.15, 0.2) is 4.99 Å². The molecule has 1 fully saturated rings. The Bertz CT molecular complexity index is 185. The molecule has 2 atom stereocenters. The van der Waals surface area contributed by atoms with E-state index in [4.69, 9.17) is 5.73 Å². The van der Waals surface area contributed by atoms with Crippen LogP contribution < -0.4 is 5.73 Å². The van der Waals surface area contributed by atoms with Crippen molar-refractivity contribution in [1.29, 1.82) is 0 Å². The summed E-state index contributed by atoms with van der Waals surface area (Å²) in [6, 6.07) is 0. The van der Waals surface area contributed by atoms with E-state index in [0.29, 0.717) is 11.8 Å². The summed E-state index contributed by atoms with van der Waals surface area (Å²) >= 11 is 0. The number of rotatable bonds is 0. The van der Waals surface area contributed by atoms with Crippen molar-refractivity contribution >= 4 is 11.7 Å². The monoisotopic (exact) mass is 110 g/mol. The molecule has 2 unspecified atom stereocenters. The predicted octanol–water partition coefficient (Wildman–Crippen LogP) is -0.480. The molecule has 0 aromatic carbocycles. The van der Waals surface area contributed by atoms with Crippen LogP contribution in [-0.2, 0) is 4.79 Å². The van der Waals surface area contributed by atoms with Gasteiger partial charge in [0.2, 0.25) is 0 Å². The Morgan fingerprint density at radius 3 is 2.50 bits per heavy atom. The number of aliphatic imine (C=N–C) groups is 1. The molecule has 0 radical (unpaired) electrons. The van der Waals surface area contributed by atoms with Crippen LogP contribution in [0.5, 0.6) is 0 Å². The van der Waals surface area contributed by atoms with Gasteiger partial charge in [0.1, 0.15) is 5.84 Å². The zero-order valence-electron chi connectivity index (χ0n) is 4.29.